The first kappa shape index (κ1) is 36.9. The number of carbonyl (C=O) groups is 1. The van der Waals surface area contributed by atoms with Gasteiger partial charge in [0.2, 0.25) is 0 Å². The molecule has 1 aliphatic rings. The highest BCUT2D eigenvalue weighted by atomic mass is 32.2. The summed E-state index contributed by atoms with van der Waals surface area (Å²) in [6, 6.07) is 44.1. The van der Waals surface area contributed by atoms with E-state index in [-0.39, 0.29) is 31.3 Å². The van der Waals surface area contributed by atoms with Crippen LogP contribution in [-0.4, -0.2) is 34.6 Å². The van der Waals surface area contributed by atoms with Gasteiger partial charge in [-0.05, 0) is 27.8 Å². The van der Waals surface area contributed by atoms with Gasteiger partial charge in [-0.1, -0.05) is 165 Å². The number of carbonyl (C=O) groups excluding carboxylic acids is 1. The van der Waals surface area contributed by atoms with Gasteiger partial charge in [-0.3, -0.25) is 0 Å². The lowest BCUT2D eigenvalue weighted by molar-refractivity contribution is -0.268. The van der Waals surface area contributed by atoms with Crippen LogP contribution < -0.4 is 5.32 Å². The third-order valence-corrected chi connectivity index (χ3v) is 10.4. The Bertz CT molecular complexity index is 2080. The van der Waals surface area contributed by atoms with Crippen molar-refractivity contribution in [3.05, 3.63) is 168 Å². The van der Waals surface area contributed by atoms with Crippen molar-refractivity contribution in [1.29, 1.82) is 0 Å². The molecule has 1 aromatic heterocycles. The van der Waals surface area contributed by atoms with E-state index in [0.717, 1.165) is 56.0 Å². The lowest BCUT2D eigenvalue weighted by Gasteiger charge is -2.41. The van der Waals surface area contributed by atoms with E-state index in [1.54, 1.807) is 0 Å². The molecule has 0 aliphatic carbocycles. The molecule has 0 spiro atoms. The number of thioether (sulfide) groups is 1. The van der Waals surface area contributed by atoms with Crippen LogP contribution in [-0.2, 0) is 27.4 Å². The van der Waals surface area contributed by atoms with E-state index in [2.05, 4.69) is 18.8 Å². The summed E-state index contributed by atoms with van der Waals surface area (Å²) in [6.45, 7) is 6.18. The highest BCUT2D eigenvalue weighted by molar-refractivity contribution is 7.99. The molecule has 274 valence electrons. The molecule has 1 fully saturated rings. The van der Waals surface area contributed by atoms with Crippen molar-refractivity contribution in [2.45, 2.75) is 43.8 Å². The summed E-state index contributed by atoms with van der Waals surface area (Å²) >= 11 is 1.53. The molecule has 8 nitrogen and oxygen atoms in total. The number of rotatable bonds is 13. The predicted octanol–water partition coefficient (Wildman–Crippen LogP) is 10.2. The molecule has 2 heterocycles. The maximum Gasteiger partial charge on any atom is 0.407 e. The molecular formula is C45H42N2O6S. The van der Waals surface area contributed by atoms with Crippen LogP contribution in [0.2, 0.25) is 0 Å². The van der Waals surface area contributed by atoms with Crippen molar-refractivity contribution in [3.8, 4) is 33.7 Å². The highest BCUT2D eigenvalue weighted by Gasteiger charge is 2.38. The largest absolute Gasteiger partial charge is 0.445 e. The zero-order valence-electron chi connectivity index (χ0n) is 30.0. The topological polar surface area (TPSA) is 103 Å². The van der Waals surface area contributed by atoms with Crippen molar-refractivity contribution in [3.63, 3.8) is 0 Å². The molecule has 7 rings (SSSR count). The third kappa shape index (κ3) is 8.67. The molecule has 2 N–H and O–H groups in total. The molecule has 0 saturated carbocycles. The van der Waals surface area contributed by atoms with Gasteiger partial charge in [-0.2, -0.15) is 0 Å². The van der Waals surface area contributed by atoms with Gasteiger partial charge in [0.25, 0.3) is 5.22 Å². The Balaban J connectivity index is 1.13. The lowest BCUT2D eigenvalue weighted by Crippen LogP contribution is -2.38. The summed E-state index contributed by atoms with van der Waals surface area (Å²) in [7, 11) is 0. The first-order valence-corrected chi connectivity index (χ1v) is 18.9. The number of hydrogen-bond acceptors (Lipinski definition) is 8. The molecular weight excluding hydrogens is 697 g/mol. The number of aliphatic hydroxyl groups is 1. The average Bonchev–Trinajstić information content (AvgIpc) is 3.67. The molecule has 5 aromatic carbocycles. The lowest BCUT2D eigenvalue weighted by atomic mass is 9.91. The van der Waals surface area contributed by atoms with E-state index in [9.17, 15) is 9.90 Å². The normalized spacial score (nSPS) is 18.2. The van der Waals surface area contributed by atoms with Gasteiger partial charge in [0.1, 0.15) is 12.3 Å². The summed E-state index contributed by atoms with van der Waals surface area (Å²) in [4.78, 5) is 17.1. The Morgan fingerprint density at radius 1 is 0.833 bits per heavy atom. The van der Waals surface area contributed by atoms with Crippen LogP contribution in [0.5, 0.6) is 0 Å². The maximum absolute atomic E-state index is 12.1. The Morgan fingerprint density at radius 3 is 2.20 bits per heavy atom. The number of aromatic nitrogens is 1. The van der Waals surface area contributed by atoms with Gasteiger partial charge in [0.05, 0.1) is 18.8 Å². The number of alkyl carbamates (subject to hydrolysis) is 1. The Labute approximate surface area is 319 Å². The van der Waals surface area contributed by atoms with Crippen molar-refractivity contribution in [1.82, 2.24) is 10.3 Å². The third-order valence-electron chi connectivity index (χ3n) is 9.45. The number of hydrogen-bond donors (Lipinski definition) is 2. The van der Waals surface area contributed by atoms with E-state index in [0.29, 0.717) is 17.5 Å². The SMILES string of the molecule is C=CCOC(=O)NCc1ccccc1-c1ccc(C2OC(CSc3nc(-c4ccccc4)c(-c4ccccc4)o3)C(C)C(c3ccc(CO)cc3)O2)cc1. The van der Waals surface area contributed by atoms with E-state index < -0.39 is 12.4 Å². The molecule has 1 saturated heterocycles. The first-order chi connectivity index (χ1) is 26.5. The van der Waals surface area contributed by atoms with E-state index in [1.165, 1.54) is 17.8 Å². The Kier molecular flexibility index (Phi) is 12.0. The Hall–Kier alpha value is -5.45. The summed E-state index contributed by atoms with van der Waals surface area (Å²) in [5.74, 6) is 1.31. The quantitative estimate of drug-likeness (QED) is 0.0892. The number of oxazole rings is 1. The van der Waals surface area contributed by atoms with E-state index in [1.807, 2.05) is 133 Å². The van der Waals surface area contributed by atoms with Crippen LogP contribution in [0.1, 0.15) is 41.6 Å². The van der Waals surface area contributed by atoms with Gasteiger partial charge in [0.15, 0.2) is 12.1 Å². The zero-order valence-corrected chi connectivity index (χ0v) is 30.8. The second-order valence-electron chi connectivity index (χ2n) is 13.0. The second kappa shape index (κ2) is 17.6. The molecule has 4 unspecified atom stereocenters. The summed E-state index contributed by atoms with van der Waals surface area (Å²) in [5.41, 5.74) is 8.45. The fraction of sp³-hybridized carbons (Fsp3) is 0.200. The molecule has 54 heavy (non-hydrogen) atoms. The standard InChI is InChI=1S/C45H42N2O6S/c1-3-26-50-44(49)46-27-37-16-10-11-17-38(37)32-22-24-36(25-23-32)43-51-39(30(2)41(52-43)35-20-18-31(28-48)19-21-35)29-54-45-47-40(33-12-6-4-7-13-33)42(53-45)34-14-8-5-9-15-34/h3-25,30,39,41,43,48H,1,26-29H2,2H3,(H,46,49). The molecule has 0 radical (unpaired) electrons. The van der Waals surface area contributed by atoms with E-state index in [4.69, 9.17) is 23.6 Å². The molecule has 4 atom stereocenters. The zero-order chi connectivity index (χ0) is 37.3. The van der Waals surface area contributed by atoms with Crippen molar-refractivity contribution < 1.29 is 28.5 Å². The number of nitrogens with one attached hydrogen (secondary N) is 1. The average molecular weight is 739 g/mol. The summed E-state index contributed by atoms with van der Waals surface area (Å²) in [6.07, 6.45) is -0.0745. The minimum atomic E-state index is -0.635. The van der Waals surface area contributed by atoms with Crippen LogP contribution in [0, 0.1) is 5.92 Å². The monoisotopic (exact) mass is 738 g/mol. The van der Waals surface area contributed by atoms with E-state index >= 15 is 0 Å². The minimum absolute atomic E-state index is 0.0114. The molecule has 1 aliphatic heterocycles. The van der Waals surface area contributed by atoms with Gasteiger partial charge < -0.3 is 29.1 Å². The Morgan fingerprint density at radius 2 is 1.50 bits per heavy atom. The number of amides is 1. The smallest absolute Gasteiger partial charge is 0.407 e. The second-order valence-corrected chi connectivity index (χ2v) is 14.0. The van der Waals surface area contributed by atoms with Crippen molar-refractivity contribution in [2.75, 3.05) is 12.4 Å². The number of ether oxygens (including phenoxy) is 3. The van der Waals surface area contributed by atoms with Gasteiger partial charge in [-0.15, -0.1) is 0 Å². The first-order valence-electron chi connectivity index (χ1n) is 18.0. The van der Waals surface area contributed by atoms with Crippen LogP contribution in [0.25, 0.3) is 33.7 Å². The summed E-state index contributed by atoms with van der Waals surface area (Å²) in [5, 5.41) is 13.1. The number of nitrogens with zero attached hydrogens (tertiary/aromatic N) is 1. The molecule has 6 aromatic rings. The van der Waals surface area contributed by atoms with Gasteiger partial charge >= 0.3 is 6.09 Å². The van der Waals surface area contributed by atoms with Gasteiger partial charge in [-0.25, -0.2) is 9.78 Å². The van der Waals surface area contributed by atoms with Crippen LogP contribution >= 0.6 is 11.8 Å². The van der Waals surface area contributed by atoms with Crippen molar-refractivity contribution >= 4 is 17.9 Å². The van der Waals surface area contributed by atoms with Crippen molar-refractivity contribution in [2.24, 2.45) is 5.92 Å². The minimum Gasteiger partial charge on any atom is -0.445 e. The maximum atomic E-state index is 12.1. The molecule has 1 amide bonds. The molecule has 0 bridgehead atoms. The molecule has 9 heteroatoms. The van der Waals surface area contributed by atoms with Gasteiger partial charge in [0, 0.05) is 34.9 Å². The predicted molar refractivity (Wildman–Crippen MR) is 211 cm³/mol. The fourth-order valence-corrected chi connectivity index (χ4v) is 7.52. The van der Waals surface area contributed by atoms with Crippen LogP contribution in [0.4, 0.5) is 4.79 Å². The summed E-state index contributed by atoms with van der Waals surface area (Å²) < 4.78 is 25.0. The van der Waals surface area contributed by atoms with Crippen LogP contribution in [0.3, 0.4) is 0 Å². The number of benzene rings is 5. The highest BCUT2D eigenvalue weighted by Crippen LogP contribution is 2.44. The van der Waals surface area contributed by atoms with Crippen LogP contribution in [0.15, 0.2) is 156 Å². The fourth-order valence-electron chi connectivity index (χ4n) is 6.53. The number of aliphatic hydroxyl groups excluding tert-OH is 1.